The third-order valence-electron chi connectivity index (χ3n) is 2.88. The summed E-state index contributed by atoms with van der Waals surface area (Å²) in [6.45, 7) is 0.468. The van der Waals surface area contributed by atoms with Crippen molar-refractivity contribution < 1.29 is 14.6 Å². The minimum absolute atomic E-state index is 0.270. The highest BCUT2D eigenvalue weighted by Crippen LogP contribution is 2.22. The molecule has 2 rings (SSSR count). The molecular weight excluding hydrogens is 379 g/mol. The zero-order valence-electron chi connectivity index (χ0n) is 11.3. The molecule has 108 valence electrons. The van der Waals surface area contributed by atoms with Gasteiger partial charge in [-0.1, -0.05) is 42.5 Å². The van der Waals surface area contributed by atoms with Crippen molar-refractivity contribution in [1.82, 2.24) is 0 Å². The van der Waals surface area contributed by atoms with E-state index >= 15 is 0 Å². The Kier molecular flexibility index (Phi) is 5.80. The van der Waals surface area contributed by atoms with Crippen LogP contribution in [0, 0.1) is 3.57 Å². The maximum Gasteiger partial charge on any atom is 0.335 e. The standard InChI is InChI=1S/C17H15IO3/c18-15-12-14(17(19)20)9-10-16(15)21-11-5-4-8-13-6-2-1-3-7-13/h1-7,9-10,12H,8,11H2,(H,19,20)/b5-4+. The maximum absolute atomic E-state index is 10.8. The molecule has 2 aromatic rings. The van der Waals surface area contributed by atoms with Crippen molar-refractivity contribution in [3.05, 3.63) is 75.4 Å². The van der Waals surface area contributed by atoms with Gasteiger partial charge >= 0.3 is 5.97 Å². The van der Waals surface area contributed by atoms with Crippen molar-refractivity contribution in [3.8, 4) is 5.75 Å². The molecule has 0 amide bonds. The fraction of sp³-hybridized carbons (Fsp3) is 0.118. The molecular formula is C17H15IO3. The molecule has 0 heterocycles. The van der Waals surface area contributed by atoms with Crippen LogP contribution in [-0.2, 0) is 6.42 Å². The number of hydrogen-bond donors (Lipinski definition) is 1. The molecule has 0 spiro atoms. The first-order valence-corrected chi connectivity index (χ1v) is 7.59. The molecule has 1 N–H and O–H groups in total. The van der Waals surface area contributed by atoms with E-state index in [2.05, 4.69) is 40.8 Å². The van der Waals surface area contributed by atoms with E-state index < -0.39 is 5.97 Å². The quantitative estimate of drug-likeness (QED) is 0.591. The van der Waals surface area contributed by atoms with Gasteiger partial charge in [0.05, 0.1) is 9.13 Å². The molecule has 3 nitrogen and oxygen atoms in total. The summed E-state index contributed by atoms with van der Waals surface area (Å²) in [5, 5.41) is 8.90. The summed E-state index contributed by atoms with van der Waals surface area (Å²) in [5.74, 6) is -0.229. The largest absolute Gasteiger partial charge is 0.488 e. The van der Waals surface area contributed by atoms with Gasteiger partial charge in [0.15, 0.2) is 0 Å². The minimum atomic E-state index is -0.928. The molecule has 0 saturated heterocycles. The van der Waals surface area contributed by atoms with Gasteiger partial charge in [0, 0.05) is 0 Å². The van der Waals surface area contributed by atoms with Crippen molar-refractivity contribution >= 4 is 28.6 Å². The zero-order chi connectivity index (χ0) is 15.1. The second kappa shape index (κ2) is 7.83. The third-order valence-corrected chi connectivity index (χ3v) is 3.72. The van der Waals surface area contributed by atoms with E-state index in [0.29, 0.717) is 12.4 Å². The number of aromatic carboxylic acids is 1. The molecule has 0 bridgehead atoms. The van der Waals surface area contributed by atoms with Crippen LogP contribution in [0.25, 0.3) is 0 Å². The average Bonchev–Trinajstić information content (AvgIpc) is 2.49. The lowest BCUT2D eigenvalue weighted by Gasteiger charge is -2.06. The molecule has 21 heavy (non-hydrogen) atoms. The van der Waals surface area contributed by atoms with E-state index in [0.717, 1.165) is 9.99 Å². The van der Waals surface area contributed by atoms with E-state index in [1.165, 1.54) is 5.56 Å². The molecule has 0 aliphatic rings. The molecule has 0 saturated carbocycles. The Morgan fingerprint density at radius 3 is 2.57 bits per heavy atom. The van der Waals surface area contributed by atoms with Crippen LogP contribution in [0.2, 0.25) is 0 Å². The molecule has 0 fully saturated rings. The van der Waals surface area contributed by atoms with Gasteiger partial charge in [-0.05, 0) is 52.8 Å². The van der Waals surface area contributed by atoms with Gasteiger partial charge in [-0.3, -0.25) is 0 Å². The monoisotopic (exact) mass is 394 g/mol. The first-order valence-electron chi connectivity index (χ1n) is 6.51. The molecule has 0 aliphatic carbocycles. The van der Waals surface area contributed by atoms with Gasteiger partial charge in [-0.25, -0.2) is 4.79 Å². The lowest BCUT2D eigenvalue weighted by Crippen LogP contribution is -2.00. The first kappa shape index (κ1) is 15.6. The number of hydrogen-bond acceptors (Lipinski definition) is 2. The fourth-order valence-corrected chi connectivity index (χ4v) is 2.46. The van der Waals surface area contributed by atoms with E-state index in [1.54, 1.807) is 18.2 Å². The summed E-state index contributed by atoms with van der Waals surface area (Å²) < 4.78 is 6.42. The summed E-state index contributed by atoms with van der Waals surface area (Å²) in [7, 11) is 0. The summed E-state index contributed by atoms with van der Waals surface area (Å²) in [4.78, 5) is 10.8. The summed E-state index contributed by atoms with van der Waals surface area (Å²) in [5.41, 5.74) is 1.53. The summed E-state index contributed by atoms with van der Waals surface area (Å²) in [6.07, 6.45) is 4.90. The predicted molar refractivity (Wildman–Crippen MR) is 90.9 cm³/mol. The smallest absolute Gasteiger partial charge is 0.335 e. The minimum Gasteiger partial charge on any atom is -0.488 e. The van der Waals surface area contributed by atoms with Gasteiger partial charge < -0.3 is 9.84 Å². The van der Waals surface area contributed by atoms with Gasteiger partial charge in [0.1, 0.15) is 12.4 Å². The normalized spacial score (nSPS) is 10.7. The van der Waals surface area contributed by atoms with Crippen molar-refractivity contribution in [3.63, 3.8) is 0 Å². The first-order chi connectivity index (χ1) is 10.2. The van der Waals surface area contributed by atoms with E-state index in [4.69, 9.17) is 9.84 Å². The fourth-order valence-electron chi connectivity index (χ4n) is 1.79. The van der Waals surface area contributed by atoms with Crippen molar-refractivity contribution in [2.75, 3.05) is 6.61 Å². The number of benzene rings is 2. The van der Waals surface area contributed by atoms with Crippen LogP contribution in [0.15, 0.2) is 60.7 Å². The number of carboxylic acids is 1. The Bertz CT molecular complexity index is 636. The highest BCUT2D eigenvalue weighted by atomic mass is 127. The Hall–Kier alpha value is -1.82. The molecule has 2 aromatic carbocycles. The van der Waals surface area contributed by atoms with Crippen LogP contribution in [0.1, 0.15) is 15.9 Å². The molecule has 0 unspecified atom stereocenters. The highest BCUT2D eigenvalue weighted by molar-refractivity contribution is 14.1. The predicted octanol–water partition coefficient (Wildman–Crippen LogP) is 4.17. The molecule has 0 atom stereocenters. The topological polar surface area (TPSA) is 46.5 Å². The molecule has 4 heteroatoms. The molecule has 0 radical (unpaired) electrons. The van der Waals surface area contributed by atoms with Crippen molar-refractivity contribution in [2.24, 2.45) is 0 Å². The summed E-state index contributed by atoms with van der Waals surface area (Å²) in [6, 6.07) is 15.0. The summed E-state index contributed by atoms with van der Waals surface area (Å²) >= 11 is 2.08. The number of ether oxygens (including phenoxy) is 1. The van der Waals surface area contributed by atoms with Crippen LogP contribution >= 0.6 is 22.6 Å². The second-order valence-electron chi connectivity index (χ2n) is 4.42. The van der Waals surface area contributed by atoms with Crippen LogP contribution < -0.4 is 4.74 Å². The van der Waals surface area contributed by atoms with Crippen LogP contribution in [0.5, 0.6) is 5.75 Å². The number of carboxylic acid groups (broad SMARTS) is 1. The van der Waals surface area contributed by atoms with Crippen molar-refractivity contribution in [1.29, 1.82) is 0 Å². The molecule has 0 aliphatic heterocycles. The Morgan fingerprint density at radius 2 is 1.90 bits per heavy atom. The van der Waals surface area contributed by atoms with Gasteiger partial charge in [-0.15, -0.1) is 0 Å². The Balaban J connectivity index is 1.85. The zero-order valence-corrected chi connectivity index (χ0v) is 13.5. The highest BCUT2D eigenvalue weighted by Gasteiger charge is 2.06. The third kappa shape index (κ3) is 4.90. The SMILES string of the molecule is O=C(O)c1ccc(OC/C=C/Cc2ccccc2)c(I)c1. The number of rotatable bonds is 6. The van der Waals surface area contributed by atoms with Crippen LogP contribution in [0.3, 0.4) is 0 Å². The van der Waals surface area contributed by atoms with Gasteiger partial charge in [0.2, 0.25) is 0 Å². The van der Waals surface area contributed by atoms with E-state index in [1.807, 2.05) is 24.3 Å². The average molecular weight is 394 g/mol. The van der Waals surface area contributed by atoms with E-state index in [-0.39, 0.29) is 5.56 Å². The van der Waals surface area contributed by atoms with Gasteiger partial charge in [0.25, 0.3) is 0 Å². The van der Waals surface area contributed by atoms with Crippen LogP contribution in [-0.4, -0.2) is 17.7 Å². The lowest BCUT2D eigenvalue weighted by atomic mass is 10.1. The number of allylic oxidation sites excluding steroid dienone is 1. The Labute approximate surface area is 137 Å². The van der Waals surface area contributed by atoms with E-state index in [9.17, 15) is 4.79 Å². The number of carbonyl (C=O) groups is 1. The van der Waals surface area contributed by atoms with Gasteiger partial charge in [-0.2, -0.15) is 0 Å². The van der Waals surface area contributed by atoms with Crippen LogP contribution in [0.4, 0.5) is 0 Å². The Morgan fingerprint density at radius 1 is 1.14 bits per heavy atom. The number of halogens is 1. The second-order valence-corrected chi connectivity index (χ2v) is 5.58. The lowest BCUT2D eigenvalue weighted by molar-refractivity contribution is 0.0697. The van der Waals surface area contributed by atoms with Crippen molar-refractivity contribution in [2.45, 2.75) is 6.42 Å². The molecule has 0 aromatic heterocycles. The maximum atomic E-state index is 10.8.